The minimum absolute atomic E-state index is 0.103. The number of rotatable bonds is 14. The number of alkyl halides is 3. The van der Waals surface area contributed by atoms with Crippen LogP contribution in [0, 0.1) is 0 Å². The number of nitrogens with one attached hydrogen (secondary N) is 1. The second-order valence-electron chi connectivity index (χ2n) is 9.91. The molecule has 3 aromatic rings. The Kier molecular flexibility index (Phi) is 11.8. The van der Waals surface area contributed by atoms with Crippen molar-refractivity contribution in [2.75, 3.05) is 13.7 Å². The van der Waals surface area contributed by atoms with Gasteiger partial charge in [-0.2, -0.15) is 13.2 Å². The van der Waals surface area contributed by atoms with Crippen LogP contribution in [0.25, 0.3) is 11.1 Å². The van der Waals surface area contributed by atoms with Crippen molar-refractivity contribution in [3.8, 4) is 16.9 Å². The molecule has 5 nitrogen and oxygen atoms in total. The van der Waals surface area contributed by atoms with Gasteiger partial charge < -0.3 is 14.8 Å². The van der Waals surface area contributed by atoms with Gasteiger partial charge in [0.2, 0.25) is 0 Å². The monoisotopic (exact) mass is 569 g/mol. The average molecular weight is 570 g/mol. The summed E-state index contributed by atoms with van der Waals surface area (Å²) >= 11 is 0. The molecule has 1 N–H and O–H groups in total. The molecule has 1 amide bonds. The molecule has 3 rings (SSSR count). The predicted molar refractivity (Wildman–Crippen MR) is 154 cm³/mol. The van der Waals surface area contributed by atoms with Gasteiger partial charge in [-0.25, -0.2) is 0 Å². The van der Waals surface area contributed by atoms with Crippen molar-refractivity contribution in [3.05, 3.63) is 89.0 Å². The lowest BCUT2D eigenvalue weighted by Gasteiger charge is -2.21. The quantitative estimate of drug-likeness (QED) is 0.157. The van der Waals surface area contributed by atoms with Crippen LogP contribution in [0.1, 0.15) is 85.5 Å². The Morgan fingerprint density at radius 2 is 1.61 bits per heavy atom. The molecule has 0 aromatic heterocycles. The normalized spacial score (nSPS) is 12.0. The van der Waals surface area contributed by atoms with Crippen LogP contribution in [0.5, 0.6) is 5.75 Å². The second kappa shape index (κ2) is 15.3. The van der Waals surface area contributed by atoms with E-state index in [0.29, 0.717) is 17.7 Å². The average Bonchev–Trinajstić information content (AvgIpc) is 2.98. The van der Waals surface area contributed by atoms with Gasteiger partial charge in [0, 0.05) is 12.1 Å². The number of benzene rings is 3. The molecule has 0 aliphatic heterocycles. The Morgan fingerprint density at radius 1 is 0.902 bits per heavy atom. The highest BCUT2D eigenvalue weighted by Gasteiger charge is 2.30. The maximum atomic E-state index is 13.0. The SMILES string of the molecule is CCCCCCC(Oc1ccc(-c2ccc(C(F)(F)F)cc2)c(CC)c1)c1ccc(C(=O)NCCC(=O)OC)cc1. The Balaban J connectivity index is 1.77. The number of carbonyl (C=O) groups excluding carboxylic acids is 2. The van der Waals surface area contributed by atoms with Crippen molar-refractivity contribution >= 4 is 11.9 Å². The number of aryl methyl sites for hydroxylation is 1. The summed E-state index contributed by atoms with van der Waals surface area (Å²) in [6.45, 7) is 4.36. The molecule has 0 radical (unpaired) electrons. The molecule has 0 aliphatic rings. The molecule has 8 heteroatoms. The van der Waals surface area contributed by atoms with Gasteiger partial charge >= 0.3 is 12.1 Å². The highest BCUT2D eigenvalue weighted by Crippen LogP contribution is 2.34. The smallest absolute Gasteiger partial charge is 0.416 e. The van der Waals surface area contributed by atoms with Gasteiger partial charge in [-0.15, -0.1) is 0 Å². The van der Waals surface area contributed by atoms with Gasteiger partial charge in [0.25, 0.3) is 5.91 Å². The number of esters is 1. The van der Waals surface area contributed by atoms with Gasteiger partial charge in [0.15, 0.2) is 0 Å². The number of methoxy groups -OCH3 is 1. The first-order chi connectivity index (χ1) is 19.7. The first-order valence-corrected chi connectivity index (χ1v) is 14.1. The van der Waals surface area contributed by atoms with Crippen LogP contribution in [0.3, 0.4) is 0 Å². The standard InChI is InChI=1S/C33H38F3NO4/c1-4-6-7-8-9-30(25-10-12-26(13-11-25)32(39)37-21-20-31(38)40-3)41-28-18-19-29(23(5-2)22-28)24-14-16-27(17-15-24)33(34,35)36/h10-19,22,30H,4-9,20-21H2,1-3H3,(H,37,39). The highest BCUT2D eigenvalue weighted by molar-refractivity contribution is 5.94. The fourth-order valence-electron chi connectivity index (χ4n) is 4.60. The van der Waals surface area contributed by atoms with Gasteiger partial charge in [0.1, 0.15) is 11.9 Å². The summed E-state index contributed by atoms with van der Waals surface area (Å²) in [7, 11) is 1.31. The predicted octanol–water partition coefficient (Wildman–Crippen LogP) is 8.32. The first-order valence-electron chi connectivity index (χ1n) is 14.1. The van der Waals surface area contributed by atoms with E-state index in [-0.39, 0.29) is 30.9 Å². The lowest BCUT2D eigenvalue weighted by molar-refractivity contribution is -0.140. The maximum Gasteiger partial charge on any atom is 0.416 e. The molecule has 1 unspecified atom stereocenters. The number of amides is 1. The van der Waals surface area contributed by atoms with Crippen LogP contribution < -0.4 is 10.1 Å². The van der Waals surface area contributed by atoms with Crippen molar-refractivity contribution in [1.29, 1.82) is 0 Å². The number of halogens is 3. The zero-order chi connectivity index (χ0) is 29.8. The topological polar surface area (TPSA) is 64.6 Å². The van der Waals surface area contributed by atoms with Crippen LogP contribution in [0.2, 0.25) is 0 Å². The summed E-state index contributed by atoms with van der Waals surface area (Å²) in [6.07, 6.45) is 1.32. The fourth-order valence-corrected chi connectivity index (χ4v) is 4.60. The van der Waals surface area contributed by atoms with Crippen molar-refractivity contribution in [3.63, 3.8) is 0 Å². The van der Waals surface area contributed by atoms with Crippen LogP contribution in [0.15, 0.2) is 66.7 Å². The number of carbonyl (C=O) groups is 2. The minimum atomic E-state index is -4.37. The van der Waals surface area contributed by atoms with Crippen molar-refractivity contribution in [2.45, 2.75) is 71.1 Å². The molecule has 0 spiro atoms. The summed E-state index contributed by atoms with van der Waals surface area (Å²) in [4.78, 5) is 23.7. The van der Waals surface area contributed by atoms with Crippen molar-refractivity contribution < 1.29 is 32.2 Å². The van der Waals surface area contributed by atoms with E-state index in [0.717, 1.165) is 66.5 Å². The van der Waals surface area contributed by atoms with Crippen LogP contribution >= 0.6 is 0 Å². The van der Waals surface area contributed by atoms with Crippen LogP contribution in [-0.2, 0) is 22.1 Å². The van der Waals surface area contributed by atoms with Gasteiger partial charge in [-0.1, -0.05) is 63.4 Å². The van der Waals surface area contributed by atoms with Crippen LogP contribution in [0.4, 0.5) is 13.2 Å². The molecule has 41 heavy (non-hydrogen) atoms. The lowest BCUT2D eigenvalue weighted by Crippen LogP contribution is -2.26. The van der Waals surface area contributed by atoms with Crippen LogP contribution in [-0.4, -0.2) is 25.5 Å². The molecule has 0 saturated heterocycles. The Bertz CT molecular complexity index is 1270. The number of ether oxygens (including phenoxy) is 2. The molecule has 0 bridgehead atoms. The molecule has 0 heterocycles. The van der Waals surface area contributed by atoms with Gasteiger partial charge in [-0.05, 0) is 77.9 Å². The molecule has 1 atom stereocenters. The first kappa shape index (κ1) is 31.7. The van der Waals surface area contributed by atoms with E-state index in [9.17, 15) is 22.8 Å². The Labute approximate surface area is 240 Å². The zero-order valence-electron chi connectivity index (χ0n) is 23.9. The van der Waals surface area contributed by atoms with Crippen molar-refractivity contribution in [2.24, 2.45) is 0 Å². The molecule has 0 fully saturated rings. The highest BCUT2D eigenvalue weighted by atomic mass is 19.4. The molecular formula is C33H38F3NO4. The van der Waals surface area contributed by atoms with E-state index in [4.69, 9.17) is 4.74 Å². The van der Waals surface area contributed by atoms with E-state index in [1.165, 1.54) is 19.2 Å². The van der Waals surface area contributed by atoms with Gasteiger partial charge in [-0.3, -0.25) is 9.59 Å². The number of hydrogen-bond donors (Lipinski definition) is 1. The Hall–Kier alpha value is -3.81. The molecule has 220 valence electrons. The molecule has 3 aromatic carbocycles. The third kappa shape index (κ3) is 9.37. The third-order valence-electron chi connectivity index (χ3n) is 6.97. The number of hydrogen-bond acceptors (Lipinski definition) is 4. The second-order valence-corrected chi connectivity index (χ2v) is 9.91. The van der Waals surface area contributed by atoms with E-state index < -0.39 is 11.7 Å². The van der Waals surface area contributed by atoms with Gasteiger partial charge in [0.05, 0.1) is 19.1 Å². The zero-order valence-corrected chi connectivity index (χ0v) is 23.9. The van der Waals surface area contributed by atoms with E-state index in [1.807, 2.05) is 37.3 Å². The number of unbranched alkanes of at least 4 members (excludes halogenated alkanes) is 3. The largest absolute Gasteiger partial charge is 0.486 e. The summed E-state index contributed by atoms with van der Waals surface area (Å²) < 4.78 is 50.1. The van der Waals surface area contributed by atoms with E-state index >= 15 is 0 Å². The Morgan fingerprint density at radius 3 is 2.22 bits per heavy atom. The summed E-state index contributed by atoms with van der Waals surface area (Å²) in [5.41, 5.74) is 3.32. The molecule has 0 saturated carbocycles. The summed E-state index contributed by atoms with van der Waals surface area (Å²) in [5, 5.41) is 2.72. The molecular weight excluding hydrogens is 531 g/mol. The van der Waals surface area contributed by atoms with Crippen molar-refractivity contribution in [1.82, 2.24) is 5.32 Å². The third-order valence-corrected chi connectivity index (χ3v) is 6.97. The minimum Gasteiger partial charge on any atom is -0.486 e. The fraction of sp³-hybridized carbons (Fsp3) is 0.394. The lowest BCUT2D eigenvalue weighted by atomic mass is 9.96. The maximum absolute atomic E-state index is 13.0. The molecule has 0 aliphatic carbocycles. The summed E-state index contributed by atoms with van der Waals surface area (Å²) in [5.74, 6) is 0.0253. The summed E-state index contributed by atoms with van der Waals surface area (Å²) in [6, 6.07) is 18.2. The van der Waals surface area contributed by atoms with E-state index in [2.05, 4.69) is 17.0 Å². The van der Waals surface area contributed by atoms with E-state index in [1.54, 1.807) is 12.1 Å².